The third-order valence-corrected chi connectivity index (χ3v) is 5.89. The summed E-state index contributed by atoms with van der Waals surface area (Å²) in [6.45, 7) is 11.2. The molecule has 3 N–H and O–H groups in total. The van der Waals surface area contributed by atoms with Gasteiger partial charge in [-0.05, 0) is 69.8 Å². The molecule has 0 unspecified atom stereocenters. The summed E-state index contributed by atoms with van der Waals surface area (Å²) in [5, 5.41) is 16.4. The van der Waals surface area contributed by atoms with E-state index < -0.39 is 0 Å². The van der Waals surface area contributed by atoms with Gasteiger partial charge in [-0.15, -0.1) is 0 Å². The minimum atomic E-state index is -0.0915. The lowest BCUT2D eigenvalue weighted by Crippen LogP contribution is -2.40. The van der Waals surface area contributed by atoms with Crippen LogP contribution in [0.15, 0.2) is 29.3 Å². The average Bonchev–Trinajstić information content (AvgIpc) is 3.25. The molecule has 6 heteroatoms. The summed E-state index contributed by atoms with van der Waals surface area (Å²) in [5.74, 6) is 0.891. The van der Waals surface area contributed by atoms with E-state index >= 15 is 0 Å². The first-order valence-corrected chi connectivity index (χ1v) is 11.5. The molecule has 0 radical (unpaired) electrons. The molecule has 2 fully saturated rings. The van der Waals surface area contributed by atoms with Crippen molar-refractivity contribution >= 4 is 5.96 Å². The van der Waals surface area contributed by atoms with Gasteiger partial charge in [0.2, 0.25) is 0 Å². The molecule has 3 rings (SSSR count). The molecule has 1 aromatic rings. The van der Waals surface area contributed by atoms with E-state index in [1.54, 1.807) is 0 Å². The first kappa shape index (κ1) is 22.1. The fourth-order valence-corrected chi connectivity index (χ4v) is 4.11. The van der Waals surface area contributed by atoms with E-state index in [9.17, 15) is 5.11 Å². The molecule has 0 aromatic heterocycles. The molecule has 0 bridgehead atoms. The van der Waals surface area contributed by atoms with Crippen molar-refractivity contribution in [1.29, 1.82) is 0 Å². The van der Waals surface area contributed by atoms with Gasteiger partial charge in [0.25, 0.3) is 0 Å². The van der Waals surface area contributed by atoms with Gasteiger partial charge in [-0.2, -0.15) is 0 Å². The fraction of sp³-hybridized carbons (Fsp3) is 0.696. The molecule has 0 spiro atoms. The molecule has 0 saturated carbocycles. The minimum absolute atomic E-state index is 0.0915. The molecular weight excluding hydrogens is 362 g/mol. The highest BCUT2D eigenvalue weighted by molar-refractivity contribution is 5.79. The lowest BCUT2D eigenvalue weighted by molar-refractivity contribution is 0.0823. The van der Waals surface area contributed by atoms with Crippen LogP contribution in [-0.2, 0) is 13.1 Å². The lowest BCUT2D eigenvalue weighted by Gasteiger charge is -2.29. The van der Waals surface area contributed by atoms with E-state index in [2.05, 4.69) is 51.6 Å². The summed E-state index contributed by atoms with van der Waals surface area (Å²) in [4.78, 5) is 9.73. The molecule has 0 atom stereocenters. The number of nitrogens with zero attached hydrogens (tertiary/aromatic N) is 3. The summed E-state index contributed by atoms with van der Waals surface area (Å²) in [6.07, 6.45) is 5.50. The molecule has 2 heterocycles. The quantitative estimate of drug-likeness (QED) is 0.336. The molecule has 2 saturated heterocycles. The zero-order chi connectivity index (χ0) is 20.3. The van der Waals surface area contributed by atoms with E-state index in [0.29, 0.717) is 6.54 Å². The fourth-order valence-electron chi connectivity index (χ4n) is 4.11. The Morgan fingerprint density at radius 2 is 1.69 bits per heavy atom. The van der Waals surface area contributed by atoms with Gasteiger partial charge in [0.1, 0.15) is 0 Å². The third-order valence-electron chi connectivity index (χ3n) is 5.89. The molecule has 1 aromatic carbocycles. The van der Waals surface area contributed by atoms with Gasteiger partial charge in [-0.3, -0.25) is 4.90 Å². The van der Waals surface area contributed by atoms with E-state index in [4.69, 9.17) is 4.99 Å². The van der Waals surface area contributed by atoms with Gasteiger partial charge >= 0.3 is 0 Å². The highest BCUT2D eigenvalue weighted by atomic mass is 16.3. The second-order valence-electron chi connectivity index (χ2n) is 8.35. The van der Waals surface area contributed by atoms with E-state index in [-0.39, 0.29) is 6.10 Å². The zero-order valence-electron chi connectivity index (χ0n) is 18.1. The van der Waals surface area contributed by atoms with Crippen LogP contribution in [0.1, 0.15) is 50.2 Å². The van der Waals surface area contributed by atoms with Crippen LogP contribution in [0, 0.1) is 0 Å². The summed E-state index contributed by atoms with van der Waals surface area (Å²) < 4.78 is 0. The molecular formula is C23H39N5O. The lowest BCUT2D eigenvalue weighted by atomic mass is 10.1. The van der Waals surface area contributed by atoms with Gasteiger partial charge in [-0.1, -0.05) is 24.3 Å². The minimum Gasteiger partial charge on any atom is -0.393 e. The van der Waals surface area contributed by atoms with E-state index in [1.165, 1.54) is 37.1 Å². The Morgan fingerprint density at radius 1 is 1.00 bits per heavy atom. The average molecular weight is 402 g/mol. The van der Waals surface area contributed by atoms with Crippen LogP contribution in [0.25, 0.3) is 0 Å². The van der Waals surface area contributed by atoms with Crippen molar-refractivity contribution in [2.24, 2.45) is 4.99 Å². The van der Waals surface area contributed by atoms with Crippen LogP contribution in [0.2, 0.25) is 0 Å². The van der Waals surface area contributed by atoms with Crippen molar-refractivity contribution in [2.75, 3.05) is 45.8 Å². The maximum absolute atomic E-state index is 9.60. The van der Waals surface area contributed by atoms with Crippen molar-refractivity contribution in [1.82, 2.24) is 20.4 Å². The predicted octanol–water partition coefficient (Wildman–Crippen LogP) is 2.18. The first-order chi connectivity index (χ1) is 14.2. The predicted molar refractivity (Wildman–Crippen MR) is 120 cm³/mol. The Kier molecular flexibility index (Phi) is 9.25. The number of hydrogen-bond donors (Lipinski definition) is 3. The van der Waals surface area contributed by atoms with Crippen LogP contribution in [-0.4, -0.2) is 72.8 Å². The Bertz CT molecular complexity index is 604. The summed E-state index contributed by atoms with van der Waals surface area (Å²) in [6, 6.07) is 8.92. The normalized spacial score (nSPS) is 19.6. The number of hydrogen-bond acceptors (Lipinski definition) is 4. The standard InChI is InChI=1S/C23H39N5O/c1-2-24-23(25-12-5-15-27-16-10-22(29)11-17-27)26-18-20-6-8-21(9-7-20)19-28-13-3-4-14-28/h6-9,22,29H,2-5,10-19H2,1H3,(H2,24,25,26). The van der Waals surface area contributed by atoms with Crippen molar-refractivity contribution in [3.8, 4) is 0 Å². The van der Waals surface area contributed by atoms with E-state index in [0.717, 1.165) is 64.5 Å². The largest absolute Gasteiger partial charge is 0.393 e. The van der Waals surface area contributed by atoms with Crippen LogP contribution >= 0.6 is 0 Å². The summed E-state index contributed by atoms with van der Waals surface area (Å²) in [5.41, 5.74) is 2.65. The number of aliphatic imine (C=N–C) groups is 1. The topological polar surface area (TPSA) is 63.1 Å². The van der Waals surface area contributed by atoms with Crippen molar-refractivity contribution in [3.63, 3.8) is 0 Å². The Balaban J connectivity index is 1.38. The molecule has 2 aliphatic rings. The second kappa shape index (κ2) is 12.2. The van der Waals surface area contributed by atoms with Crippen LogP contribution in [0.4, 0.5) is 0 Å². The maximum atomic E-state index is 9.60. The first-order valence-electron chi connectivity index (χ1n) is 11.5. The number of piperidine rings is 1. The summed E-state index contributed by atoms with van der Waals surface area (Å²) >= 11 is 0. The number of aliphatic hydroxyl groups excluding tert-OH is 1. The number of benzene rings is 1. The molecule has 0 aliphatic carbocycles. The van der Waals surface area contributed by atoms with Gasteiger partial charge in [0.05, 0.1) is 12.6 Å². The third kappa shape index (κ3) is 7.96. The monoisotopic (exact) mass is 401 g/mol. The highest BCUT2D eigenvalue weighted by Gasteiger charge is 2.16. The van der Waals surface area contributed by atoms with Gasteiger partial charge in [0, 0.05) is 32.7 Å². The maximum Gasteiger partial charge on any atom is 0.191 e. The van der Waals surface area contributed by atoms with Crippen LogP contribution < -0.4 is 10.6 Å². The van der Waals surface area contributed by atoms with Crippen LogP contribution in [0.3, 0.4) is 0 Å². The highest BCUT2D eigenvalue weighted by Crippen LogP contribution is 2.14. The molecule has 2 aliphatic heterocycles. The number of nitrogens with one attached hydrogen (secondary N) is 2. The number of rotatable bonds is 9. The second-order valence-corrected chi connectivity index (χ2v) is 8.35. The molecule has 6 nitrogen and oxygen atoms in total. The van der Waals surface area contributed by atoms with Gasteiger partial charge in [-0.25, -0.2) is 4.99 Å². The Hall–Kier alpha value is -1.63. The number of guanidine groups is 1. The SMILES string of the molecule is CCNC(=NCc1ccc(CN2CCCC2)cc1)NCCCN1CCC(O)CC1. The Morgan fingerprint density at radius 3 is 2.38 bits per heavy atom. The molecule has 29 heavy (non-hydrogen) atoms. The van der Waals surface area contributed by atoms with Gasteiger partial charge < -0.3 is 20.6 Å². The van der Waals surface area contributed by atoms with Crippen LogP contribution in [0.5, 0.6) is 0 Å². The van der Waals surface area contributed by atoms with Gasteiger partial charge in [0.15, 0.2) is 5.96 Å². The number of likely N-dealkylation sites (tertiary alicyclic amines) is 2. The van der Waals surface area contributed by atoms with Crippen molar-refractivity contribution < 1.29 is 5.11 Å². The summed E-state index contributed by atoms with van der Waals surface area (Å²) in [7, 11) is 0. The zero-order valence-corrected chi connectivity index (χ0v) is 18.1. The smallest absolute Gasteiger partial charge is 0.191 e. The number of aliphatic hydroxyl groups is 1. The molecule has 0 amide bonds. The van der Waals surface area contributed by atoms with Crippen molar-refractivity contribution in [3.05, 3.63) is 35.4 Å². The van der Waals surface area contributed by atoms with Crippen molar-refractivity contribution in [2.45, 2.75) is 58.2 Å². The van der Waals surface area contributed by atoms with E-state index in [1.807, 2.05) is 0 Å². The Labute approximate surface area is 176 Å². The molecule has 162 valence electrons.